The minimum absolute atomic E-state index is 0.329. The van der Waals surface area contributed by atoms with Crippen LogP contribution in [0, 0.1) is 0 Å². The van der Waals surface area contributed by atoms with Crippen LogP contribution in [0.5, 0.6) is 0 Å². The minimum Gasteiger partial charge on any atom is -0.363 e. The molecule has 9 heteroatoms. The quantitative estimate of drug-likeness (QED) is 0.403. The predicted molar refractivity (Wildman–Crippen MR) is 90.0 cm³/mol. The van der Waals surface area contributed by atoms with E-state index < -0.39 is 0 Å². The number of hydrogen-bond acceptors (Lipinski definition) is 6. The van der Waals surface area contributed by atoms with Gasteiger partial charge in [-0.15, -0.1) is 0 Å². The Balaban J connectivity index is 0.000000388. The van der Waals surface area contributed by atoms with Crippen molar-refractivity contribution in [1.29, 1.82) is 0 Å². The molecule has 0 aromatic carbocycles. The summed E-state index contributed by atoms with van der Waals surface area (Å²) in [5, 5.41) is 2.03. The van der Waals surface area contributed by atoms with Crippen LogP contribution < -0.4 is 5.32 Å². The molecule has 0 aliphatic carbocycles. The van der Waals surface area contributed by atoms with Gasteiger partial charge in [-0.2, -0.15) is 0 Å². The summed E-state index contributed by atoms with van der Waals surface area (Å²) in [7, 11) is 10.7. The van der Waals surface area contributed by atoms with Gasteiger partial charge in [-0.1, -0.05) is 24.4 Å². The van der Waals surface area contributed by atoms with Gasteiger partial charge in [-0.05, 0) is 21.6 Å². The molecule has 0 aromatic heterocycles. The topological polar surface area (TPSA) is 52.7 Å². The van der Waals surface area contributed by atoms with E-state index in [-0.39, 0.29) is 11.8 Å². The highest BCUT2D eigenvalue weighted by atomic mass is 33.1. The van der Waals surface area contributed by atoms with Crippen LogP contribution in [-0.2, 0) is 9.59 Å². The molecule has 0 fully saturated rings. The fraction of sp³-hybridized carbons (Fsp3) is 0.400. The Hall–Kier alpha value is -0.640. The number of imide groups is 1. The van der Waals surface area contributed by atoms with Crippen molar-refractivity contribution in [2.75, 3.05) is 28.2 Å². The van der Waals surface area contributed by atoms with E-state index in [0.29, 0.717) is 0 Å². The van der Waals surface area contributed by atoms with E-state index in [9.17, 15) is 9.59 Å². The summed E-state index contributed by atoms with van der Waals surface area (Å²) >= 11 is 10.1. The number of hydrogen-bond donors (Lipinski definition) is 1. The maximum atomic E-state index is 10.0. The first-order valence-electron chi connectivity index (χ1n) is 5.04. The van der Waals surface area contributed by atoms with Crippen molar-refractivity contribution < 1.29 is 9.59 Å². The Morgan fingerprint density at radius 3 is 1.42 bits per heavy atom. The number of carbonyl (C=O) groups excluding carboxylic acids is 2. The van der Waals surface area contributed by atoms with E-state index in [1.165, 1.54) is 33.7 Å². The maximum absolute atomic E-state index is 10.0. The summed E-state index contributed by atoms with van der Waals surface area (Å²) in [6, 6.07) is 0. The molecule has 1 N–H and O–H groups in total. The average molecular weight is 338 g/mol. The molecule has 0 radical (unpaired) electrons. The first-order valence-corrected chi connectivity index (χ1v) is 8.00. The Morgan fingerprint density at radius 1 is 0.947 bits per heavy atom. The zero-order chi connectivity index (χ0) is 15.0. The molecular weight excluding hydrogens is 322 g/mol. The number of carbonyl (C=O) groups is 2. The Kier molecular flexibility index (Phi) is 8.98. The Bertz CT molecular complexity index is 372. The van der Waals surface area contributed by atoms with Crippen LogP contribution in [0.15, 0.2) is 12.2 Å². The molecule has 0 aromatic rings. The van der Waals surface area contributed by atoms with Gasteiger partial charge in [0.1, 0.15) is 8.64 Å². The molecular formula is C10H15N3O2S4. The molecule has 0 atom stereocenters. The van der Waals surface area contributed by atoms with E-state index in [4.69, 9.17) is 24.4 Å². The van der Waals surface area contributed by atoms with Crippen molar-refractivity contribution in [2.45, 2.75) is 0 Å². The van der Waals surface area contributed by atoms with Gasteiger partial charge >= 0.3 is 0 Å². The molecule has 1 rings (SSSR count). The van der Waals surface area contributed by atoms with Gasteiger partial charge < -0.3 is 9.80 Å². The highest BCUT2D eigenvalue weighted by molar-refractivity contribution is 8.89. The van der Waals surface area contributed by atoms with Gasteiger partial charge in [0, 0.05) is 40.3 Å². The SMILES string of the molecule is CN(C)C(=S)SSC(=S)N(C)C.O=C1C=CC(=O)N1. The summed E-state index contributed by atoms with van der Waals surface area (Å²) in [4.78, 5) is 23.9. The number of nitrogens with one attached hydrogen (secondary N) is 1. The second-order valence-corrected chi connectivity index (χ2v) is 7.07. The molecule has 2 amide bonds. The number of rotatable bonds is 0. The highest BCUT2D eigenvalue weighted by Gasteiger charge is 2.07. The molecule has 106 valence electrons. The van der Waals surface area contributed by atoms with E-state index >= 15 is 0 Å². The molecule has 0 bridgehead atoms. The fourth-order valence-corrected chi connectivity index (χ4v) is 2.95. The van der Waals surface area contributed by atoms with E-state index in [2.05, 4.69) is 0 Å². The molecule has 19 heavy (non-hydrogen) atoms. The second-order valence-electron chi connectivity index (χ2n) is 3.67. The van der Waals surface area contributed by atoms with E-state index in [0.717, 1.165) is 8.64 Å². The Morgan fingerprint density at radius 2 is 1.26 bits per heavy atom. The molecule has 1 aliphatic heterocycles. The second kappa shape index (κ2) is 9.29. The third-order valence-corrected chi connectivity index (χ3v) is 5.71. The zero-order valence-electron chi connectivity index (χ0n) is 11.0. The summed E-state index contributed by atoms with van der Waals surface area (Å²) in [5.74, 6) is -0.657. The van der Waals surface area contributed by atoms with Crippen molar-refractivity contribution in [3.05, 3.63) is 12.2 Å². The van der Waals surface area contributed by atoms with Crippen LogP contribution in [0.4, 0.5) is 0 Å². The zero-order valence-corrected chi connectivity index (χ0v) is 14.3. The monoisotopic (exact) mass is 337 g/mol. The van der Waals surface area contributed by atoms with Crippen LogP contribution in [-0.4, -0.2) is 58.4 Å². The molecule has 0 spiro atoms. The highest BCUT2D eigenvalue weighted by Crippen LogP contribution is 2.26. The van der Waals surface area contributed by atoms with Crippen molar-refractivity contribution >= 4 is 66.5 Å². The summed E-state index contributed by atoms with van der Waals surface area (Å²) in [6.07, 6.45) is 2.39. The smallest absolute Gasteiger partial charge is 0.250 e. The van der Waals surface area contributed by atoms with Gasteiger partial charge in [0.05, 0.1) is 0 Å². The molecule has 1 heterocycles. The maximum Gasteiger partial charge on any atom is 0.250 e. The van der Waals surface area contributed by atoms with Gasteiger partial charge in [0.2, 0.25) is 0 Å². The Labute approximate surface area is 131 Å². The van der Waals surface area contributed by atoms with Crippen molar-refractivity contribution in [2.24, 2.45) is 0 Å². The van der Waals surface area contributed by atoms with Crippen LogP contribution in [0.2, 0.25) is 0 Å². The van der Waals surface area contributed by atoms with Crippen molar-refractivity contribution in [3.63, 3.8) is 0 Å². The van der Waals surface area contributed by atoms with E-state index in [1.54, 1.807) is 0 Å². The van der Waals surface area contributed by atoms with Gasteiger partial charge in [-0.3, -0.25) is 14.9 Å². The predicted octanol–water partition coefficient (Wildman–Crippen LogP) is 1.26. The van der Waals surface area contributed by atoms with Gasteiger partial charge in [0.15, 0.2) is 0 Å². The van der Waals surface area contributed by atoms with Crippen LogP contribution >= 0.6 is 46.0 Å². The van der Waals surface area contributed by atoms with Crippen LogP contribution in [0.25, 0.3) is 0 Å². The fourth-order valence-electron chi connectivity index (χ4n) is 0.576. The lowest BCUT2D eigenvalue weighted by atomic mass is 10.6. The summed E-state index contributed by atoms with van der Waals surface area (Å²) in [6.45, 7) is 0. The van der Waals surface area contributed by atoms with E-state index in [1.807, 2.05) is 43.3 Å². The lowest BCUT2D eigenvalue weighted by Crippen LogP contribution is -2.19. The van der Waals surface area contributed by atoms with Gasteiger partial charge in [-0.25, -0.2) is 0 Å². The van der Waals surface area contributed by atoms with Crippen molar-refractivity contribution in [1.82, 2.24) is 15.1 Å². The molecule has 5 nitrogen and oxygen atoms in total. The first-order chi connectivity index (χ1) is 8.73. The lowest BCUT2D eigenvalue weighted by molar-refractivity contribution is -0.123. The molecule has 0 saturated heterocycles. The summed E-state index contributed by atoms with van der Waals surface area (Å²) < 4.78 is 1.67. The van der Waals surface area contributed by atoms with Crippen LogP contribution in [0.1, 0.15) is 0 Å². The normalized spacial score (nSPS) is 12.4. The minimum atomic E-state index is -0.329. The molecule has 0 unspecified atom stereocenters. The summed E-state index contributed by atoms with van der Waals surface area (Å²) in [5.41, 5.74) is 0. The number of amides is 2. The van der Waals surface area contributed by atoms with Gasteiger partial charge in [0.25, 0.3) is 11.8 Å². The lowest BCUT2D eigenvalue weighted by Gasteiger charge is -2.15. The van der Waals surface area contributed by atoms with Crippen LogP contribution in [0.3, 0.4) is 0 Å². The number of thiocarbonyl (C=S) groups is 2. The number of nitrogens with zero attached hydrogens (tertiary/aromatic N) is 2. The van der Waals surface area contributed by atoms with Crippen molar-refractivity contribution in [3.8, 4) is 0 Å². The third-order valence-electron chi connectivity index (χ3n) is 1.55. The standard InChI is InChI=1S/C6H12N2S4.C4H3NO2/c1-7(2)5(9)11-12-6(10)8(3)4;6-3-1-2-4(7)5-3/h1-4H3;1-2H,(H,5,6,7). The third kappa shape index (κ3) is 8.98. The molecule has 0 saturated carbocycles. The largest absolute Gasteiger partial charge is 0.363 e. The molecule has 1 aliphatic rings. The average Bonchev–Trinajstić information content (AvgIpc) is 2.69. The first kappa shape index (κ1) is 18.4.